The molecule has 1 heterocycles. The first-order valence-corrected chi connectivity index (χ1v) is 10.2. The number of aliphatic hydroxyl groups excluding tert-OH is 1. The molecule has 0 saturated carbocycles. The molecule has 3 N–H and O–H groups in total. The van der Waals surface area contributed by atoms with Gasteiger partial charge in [0, 0.05) is 43.2 Å². The van der Waals surface area contributed by atoms with E-state index in [-0.39, 0.29) is 12.0 Å². The van der Waals surface area contributed by atoms with Crippen LogP contribution in [0.3, 0.4) is 0 Å². The number of hydrogen-bond acceptors (Lipinski definition) is 7. The van der Waals surface area contributed by atoms with Crippen LogP contribution in [0.15, 0.2) is 66.3 Å². The number of rotatable bonds is 10. The molecule has 2 aromatic rings. The fourth-order valence-corrected chi connectivity index (χ4v) is 3.17. The molecule has 0 spiro atoms. The molecule has 0 aliphatic heterocycles. The summed E-state index contributed by atoms with van der Waals surface area (Å²) in [5.74, 6) is 0.475. The largest absolute Gasteiger partial charge is 0.368 e. The van der Waals surface area contributed by atoms with Crippen molar-refractivity contribution >= 4 is 11.3 Å². The molecule has 0 unspecified atom stereocenters. The van der Waals surface area contributed by atoms with E-state index in [0.29, 0.717) is 25.3 Å². The summed E-state index contributed by atoms with van der Waals surface area (Å²) >= 11 is 0. The van der Waals surface area contributed by atoms with Gasteiger partial charge in [0.25, 0.3) is 0 Å². The zero-order valence-corrected chi connectivity index (χ0v) is 17.8. The zero-order chi connectivity index (χ0) is 22.6. The molecule has 160 valence electrons. The van der Waals surface area contributed by atoms with Gasteiger partial charge in [-0.3, -0.25) is 4.98 Å². The van der Waals surface area contributed by atoms with Gasteiger partial charge in [-0.1, -0.05) is 24.3 Å². The number of nitriles is 2. The molecule has 0 amide bonds. The lowest BCUT2D eigenvalue weighted by atomic mass is 9.97. The second kappa shape index (κ2) is 12.1. The first kappa shape index (κ1) is 23.6. The van der Waals surface area contributed by atoms with E-state index in [4.69, 9.17) is 0 Å². The van der Waals surface area contributed by atoms with E-state index in [9.17, 15) is 20.7 Å². The van der Waals surface area contributed by atoms with Gasteiger partial charge in [0.05, 0.1) is 0 Å². The van der Waals surface area contributed by atoms with Crippen molar-refractivity contribution in [3.8, 4) is 12.1 Å². The van der Waals surface area contributed by atoms with E-state index in [2.05, 4.69) is 10.3 Å². The molecule has 0 radical (unpaired) electrons. The minimum absolute atomic E-state index is 0.0223. The standard InChI is InChI=1S/C24H27N5O2/c1-3-29(4-2)24(20(15-25)16-26)28-21-10-5-8-18(14-21)22(11-6-12-23(30)31)19-9-7-13-27-17-19/h5,7-11,13-14,17,23,28,30-31H,3-4,6,12H2,1-2H3/b22-11+. The summed E-state index contributed by atoms with van der Waals surface area (Å²) in [5, 5.41) is 40.4. The van der Waals surface area contributed by atoms with Gasteiger partial charge in [-0.25, -0.2) is 0 Å². The first-order chi connectivity index (χ1) is 15.0. The van der Waals surface area contributed by atoms with Crippen LogP contribution in [0.4, 0.5) is 5.69 Å². The minimum Gasteiger partial charge on any atom is -0.368 e. The van der Waals surface area contributed by atoms with Crippen molar-refractivity contribution in [1.29, 1.82) is 10.5 Å². The molecule has 0 atom stereocenters. The van der Waals surface area contributed by atoms with Gasteiger partial charge in [0.2, 0.25) is 0 Å². The Kier molecular flexibility index (Phi) is 9.25. The summed E-state index contributed by atoms with van der Waals surface area (Å²) < 4.78 is 0. The lowest BCUT2D eigenvalue weighted by molar-refractivity contribution is -0.0442. The average Bonchev–Trinajstić information content (AvgIpc) is 2.79. The van der Waals surface area contributed by atoms with Crippen LogP contribution in [0.2, 0.25) is 0 Å². The molecular formula is C24H27N5O2. The number of allylic oxidation sites excluding steroid dienone is 2. The van der Waals surface area contributed by atoms with Crippen molar-refractivity contribution in [2.75, 3.05) is 18.4 Å². The number of nitrogens with zero attached hydrogens (tertiary/aromatic N) is 4. The molecule has 2 rings (SSSR count). The third-order valence-corrected chi connectivity index (χ3v) is 4.72. The van der Waals surface area contributed by atoms with E-state index in [1.165, 1.54) is 0 Å². The molecule has 31 heavy (non-hydrogen) atoms. The number of anilines is 1. The maximum atomic E-state index is 9.39. The van der Waals surface area contributed by atoms with E-state index < -0.39 is 6.29 Å². The van der Waals surface area contributed by atoms with Gasteiger partial charge in [0.15, 0.2) is 11.9 Å². The monoisotopic (exact) mass is 417 g/mol. The van der Waals surface area contributed by atoms with E-state index >= 15 is 0 Å². The Morgan fingerprint density at radius 1 is 1.13 bits per heavy atom. The molecule has 7 heteroatoms. The topological polar surface area (TPSA) is 116 Å². The van der Waals surface area contributed by atoms with Crippen LogP contribution < -0.4 is 5.32 Å². The molecule has 0 bridgehead atoms. The molecule has 1 aromatic heterocycles. The van der Waals surface area contributed by atoms with Crippen molar-refractivity contribution in [1.82, 2.24) is 9.88 Å². The highest BCUT2D eigenvalue weighted by Crippen LogP contribution is 2.27. The van der Waals surface area contributed by atoms with Crippen molar-refractivity contribution < 1.29 is 10.2 Å². The Bertz CT molecular complexity index is 981. The van der Waals surface area contributed by atoms with Crippen molar-refractivity contribution in [3.63, 3.8) is 0 Å². The Morgan fingerprint density at radius 2 is 1.84 bits per heavy atom. The Hall–Kier alpha value is -3.65. The number of nitrogens with one attached hydrogen (secondary N) is 1. The van der Waals surface area contributed by atoms with Crippen LogP contribution in [-0.2, 0) is 0 Å². The molecule has 1 aromatic carbocycles. The smallest absolute Gasteiger partial charge is 0.170 e. The van der Waals surface area contributed by atoms with Gasteiger partial charge >= 0.3 is 0 Å². The highest BCUT2D eigenvalue weighted by atomic mass is 16.5. The minimum atomic E-state index is -1.36. The van der Waals surface area contributed by atoms with Gasteiger partial charge < -0.3 is 20.4 Å². The fraction of sp³-hybridized carbons (Fsp3) is 0.292. The first-order valence-electron chi connectivity index (χ1n) is 10.2. The summed E-state index contributed by atoms with van der Waals surface area (Å²) in [4.78, 5) is 6.12. The van der Waals surface area contributed by atoms with Crippen LogP contribution in [0.5, 0.6) is 0 Å². The summed E-state index contributed by atoms with van der Waals surface area (Å²) in [7, 11) is 0. The van der Waals surface area contributed by atoms with Crippen molar-refractivity contribution in [2.45, 2.75) is 33.0 Å². The van der Waals surface area contributed by atoms with Gasteiger partial charge in [-0.2, -0.15) is 10.5 Å². The third kappa shape index (κ3) is 6.68. The van der Waals surface area contributed by atoms with Crippen LogP contribution in [-0.4, -0.2) is 39.5 Å². The molecular weight excluding hydrogens is 390 g/mol. The number of hydrogen-bond donors (Lipinski definition) is 3. The van der Waals surface area contributed by atoms with E-state index in [0.717, 1.165) is 22.4 Å². The van der Waals surface area contributed by atoms with Crippen LogP contribution in [0.25, 0.3) is 5.57 Å². The lowest BCUT2D eigenvalue weighted by Gasteiger charge is -2.25. The number of pyridine rings is 1. The third-order valence-electron chi connectivity index (χ3n) is 4.72. The predicted molar refractivity (Wildman–Crippen MR) is 120 cm³/mol. The van der Waals surface area contributed by atoms with Gasteiger partial charge in [0.1, 0.15) is 18.0 Å². The molecule has 0 fully saturated rings. The second-order valence-electron chi connectivity index (χ2n) is 6.74. The molecule has 7 nitrogen and oxygen atoms in total. The maximum Gasteiger partial charge on any atom is 0.170 e. The number of aromatic nitrogens is 1. The summed E-state index contributed by atoms with van der Waals surface area (Å²) in [6, 6.07) is 15.4. The lowest BCUT2D eigenvalue weighted by Crippen LogP contribution is -2.28. The highest BCUT2D eigenvalue weighted by molar-refractivity contribution is 5.81. The SMILES string of the molecule is CCN(CC)C(Nc1cccc(/C(=C\CCC(O)O)c2cccnc2)c1)=C(C#N)C#N. The zero-order valence-electron chi connectivity index (χ0n) is 17.8. The van der Waals surface area contributed by atoms with Crippen molar-refractivity contribution in [2.24, 2.45) is 0 Å². The average molecular weight is 418 g/mol. The second-order valence-corrected chi connectivity index (χ2v) is 6.74. The quantitative estimate of drug-likeness (QED) is 0.399. The maximum absolute atomic E-state index is 9.39. The van der Waals surface area contributed by atoms with E-state index in [1.54, 1.807) is 12.4 Å². The van der Waals surface area contributed by atoms with Gasteiger partial charge in [-0.05, 0) is 49.6 Å². The normalized spacial score (nSPS) is 10.9. The van der Waals surface area contributed by atoms with Crippen LogP contribution in [0, 0.1) is 22.7 Å². The Labute approximate surface area is 183 Å². The van der Waals surface area contributed by atoms with Crippen LogP contribution >= 0.6 is 0 Å². The van der Waals surface area contributed by atoms with Gasteiger partial charge in [-0.15, -0.1) is 0 Å². The summed E-state index contributed by atoms with van der Waals surface area (Å²) in [5.41, 5.74) is 3.47. The van der Waals surface area contributed by atoms with Crippen molar-refractivity contribution in [3.05, 3.63) is 77.4 Å². The fourth-order valence-electron chi connectivity index (χ4n) is 3.17. The van der Waals surface area contributed by atoms with Crippen LogP contribution in [0.1, 0.15) is 37.8 Å². The Morgan fingerprint density at radius 3 is 2.42 bits per heavy atom. The number of benzene rings is 1. The predicted octanol–water partition coefficient (Wildman–Crippen LogP) is 3.62. The number of aliphatic hydroxyl groups is 2. The van der Waals surface area contributed by atoms with E-state index in [1.807, 2.05) is 73.4 Å². The summed E-state index contributed by atoms with van der Waals surface area (Å²) in [6.07, 6.45) is 4.75. The Balaban J connectivity index is 2.46. The highest BCUT2D eigenvalue weighted by Gasteiger charge is 2.14. The molecule has 0 aliphatic carbocycles. The molecule has 0 aliphatic rings. The molecule has 0 saturated heterocycles. The summed E-state index contributed by atoms with van der Waals surface area (Å²) in [6.45, 7) is 5.23.